The highest BCUT2D eigenvalue weighted by molar-refractivity contribution is 6.38. The number of nitrogens with zero attached hydrogens (tertiary/aromatic N) is 4. The monoisotopic (exact) mass is 575 g/mol. The first-order valence-corrected chi connectivity index (χ1v) is 10.5. The third-order valence-corrected chi connectivity index (χ3v) is 5.60. The number of aromatic nitrogens is 4. The Kier molecular flexibility index (Phi) is 6.37. The zero-order valence-electron chi connectivity index (χ0n) is 16.4. The lowest BCUT2D eigenvalue weighted by Gasteiger charge is -2.14. The topological polar surface area (TPSA) is 78.9 Å². The van der Waals surface area contributed by atoms with Crippen LogP contribution in [0.25, 0.3) is 16.7 Å². The number of fused-ring (bicyclic) bond motifs is 1. The van der Waals surface area contributed by atoms with Crippen molar-refractivity contribution in [3.05, 3.63) is 61.9 Å². The second-order valence-electron chi connectivity index (χ2n) is 6.78. The predicted molar refractivity (Wildman–Crippen MR) is 118 cm³/mol. The highest BCUT2D eigenvalue weighted by Crippen LogP contribution is 2.43. The van der Waals surface area contributed by atoms with Crippen molar-refractivity contribution in [3.63, 3.8) is 0 Å². The Bertz CT molecular complexity index is 1430. The molecule has 16 heteroatoms. The van der Waals surface area contributed by atoms with Gasteiger partial charge >= 0.3 is 12.4 Å². The molecule has 0 fully saturated rings. The summed E-state index contributed by atoms with van der Waals surface area (Å²) in [6.45, 7) is 0. The van der Waals surface area contributed by atoms with E-state index in [0.29, 0.717) is 4.68 Å². The lowest BCUT2D eigenvalue weighted by molar-refractivity contribution is -0.151. The molecule has 2 aromatic carbocycles. The van der Waals surface area contributed by atoms with Crippen molar-refractivity contribution in [2.75, 3.05) is 5.73 Å². The third-order valence-electron chi connectivity index (χ3n) is 4.43. The summed E-state index contributed by atoms with van der Waals surface area (Å²) < 4.78 is 86.1. The summed E-state index contributed by atoms with van der Waals surface area (Å²) in [7, 11) is 0. The standard InChI is InChI=1S/C19H7Cl4F6N5O/c20-7-2-1-3-8(21)13(7)35-6-4-9(22)12(10(23)5-6)34-15(30)11-14(18(24,25)26)31-17(19(27,28)29)32-16(11)33-34/h1-5H,30H2. The van der Waals surface area contributed by atoms with Crippen LogP contribution in [0.3, 0.4) is 0 Å². The molecule has 0 aliphatic rings. The molecule has 2 heterocycles. The number of ether oxygens (including phenoxy) is 1. The first-order chi connectivity index (χ1) is 16.2. The van der Waals surface area contributed by atoms with Gasteiger partial charge in [-0.2, -0.15) is 26.3 Å². The van der Waals surface area contributed by atoms with Gasteiger partial charge in [0, 0.05) is 12.1 Å². The molecule has 0 aliphatic carbocycles. The molecule has 0 bridgehead atoms. The summed E-state index contributed by atoms with van der Waals surface area (Å²) in [4.78, 5) is 5.72. The fourth-order valence-electron chi connectivity index (χ4n) is 3.02. The molecule has 0 atom stereocenters. The van der Waals surface area contributed by atoms with Crippen LogP contribution in [0, 0.1) is 0 Å². The van der Waals surface area contributed by atoms with Crippen LogP contribution < -0.4 is 10.5 Å². The molecule has 2 N–H and O–H groups in total. The number of nitrogen functional groups attached to an aromatic ring is 1. The molecular weight excluding hydrogens is 570 g/mol. The van der Waals surface area contributed by atoms with Gasteiger partial charge in [0.05, 0.1) is 25.5 Å². The first kappa shape index (κ1) is 25.4. The highest BCUT2D eigenvalue weighted by Gasteiger charge is 2.43. The number of hydrogen-bond acceptors (Lipinski definition) is 5. The average molecular weight is 577 g/mol. The maximum atomic E-state index is 13.5. The zero-order chi connectivity index (χ0) is 25.9. The van der Waals surface area contributed by atoms with Gasteiger partial charge in [-0.05, 0) is 12.1 Å². The molecule has 0 aliphatic heterocycles. The van der Waals surface area contributed by atoms with Crippen molar-refractivity contribution >= 4 is 63.3 Å². The van der Waals surface area contributed by atoms with Gasteiger partial charge in [-0.3, -0.25) is 0 Å². The minimum Gasteiger partial charge on any atom is -0.454 e. The Hall–Kier alpha value is -2.67. The molecule has 0 unspecified atom stereocenters. The van der Waals surface area contributed by atoms with E-state index in [2.05, 4.69) is 15.1 Å². The summed E-state index contributed by atoms with van der Waals surface area (Å²) in [6, 6.07) is 6.99. The largest absolute Gasteiger partial charge is 0.454 e. The van der Waals surface area contributed by atoms with Crippen LogP contribution in [0.4, 0.5) is 32.2 Å². The molecule has 4 aromatic rings. The van der Waals surface area contributed by atoms with E-state index >= 15 is 0 Å². The van der Waals surface area contributed by atoms with Gasteiger partial charge in [-0.15, -0.1) is 5.10 Å². The molecule has 4 rings (SSSR count). The number of hydrogen-bond donors (Lipinski definition) is 1. The lowest BCUT2D eigenvalue weighted by atomic mass is 10.2. The van der Waals surface area contributed by atoms with Crippen molar-refractivity contribution in [2.45, 2.75) is 12.4 Å². The molecule has 184 valence electrons. The normalized spacial score (nSPS) is 12.4. The second kappa shape index (κ2) is 8.77. The van der Waals surface area contributed by atoms with Crippen LogP contribution >= 0.6 is 46.4 Å². The zero-order valence-corrected chi connectivity index (χ0v) is 19.5. The van der Waals surface area contributed by atoms with E-state index in [4.69, 9.17) is 56.9 Å². The Labute approximate surface area is 211 Å². The summed E-state index contributed by atoms with van der Waals surface area (Å²) in [5.74, 6) is -2.68. The second-order valence-corrected chi connectivity index (χ2v) is 8.40. The summed E-state index contributed by atoms with van der Waals surface area (Å²) >= 11 is 24.6. The first-order valence-electron chi connectivity index (χ1n) is 9.00. The van der Waals surface area contributed by atoms with Crippen LogP contribution in [0.1, 0.15) is 11.5 Å². The van der Waals surface area contributed by atoms with Crippen LogP contribution in [0.5, 0.6) is 11.5 Å². The minimum absolute atomic E-state index is 0.0316. The number of alkyl halides is 6. The fourth-order valence-corrected chi connectivity index (χ4v) is 4.12. The number of para-hydroxylation sites is 1. The van der Waals surface area contributed by atoms with E-state index in [1.54, 1.807) is 6.07 Å². The predicted octanol–water partition coefficient (Wildman–Crippen LogP) is 7.84. The van der Waals surface area contributed by atoms with E-state index in [1.165, 1.54) is 24.3 Å². The number of halogens is 10. The lowest BCUT2D eigenvalue weighted by Crippen LogP contribution is -2.17. The summed E-state index contributed by atoms with van der Waals surface area (Å²) in [6.07, 6.45) is -10.6. The molecule has 0 saturated heterocycles. The van der Waals surface area contributed by atoms with E-state index in [-0.39, 0.29) is 37.3 Å². The van der Waals surface area contributed by atoms with Gasteiger partial charge in [0.15, 0.2) is 17.1 Å². The molecule has 0 amide bonds. The molecule has 0 radical (unpaired) electrons. The van der Waals surface area contributed by atoms with Crippen molar-refractivity contribution < 1.29 is 31.1 Å². The Morgan fingerprint density at radius 1 is 0.829 bits per heavy atom. The fraction of sp³-hybridized carbons (Fsp3) is 0.105. The third kappa shape index (κ3) is 4.75. The van der Waals surface area contributed by atoms with Gasteiger partial charge < -0.3 is 10.5 Å². The smallest absolute Gasteiger partial charge is 0.451 e. The van der Waals surface area contributed by atoms with E-state index in [1.807, 2.05) is 0 Å². The van der Waals surface area contributed by atoms with Gasteiger partial charge in [0.1, 0.15) is 17.3 Å². The Morgan fingerprint density at radius 2 is 1.40 bits per heavy atom. The molecule has 0 saturated carbocycles. The van der Waals surface area contributed by atoms with Gasteiger partial charge in [-0.25, -0.2) is 14.6 Å². The highest BCUT2D eigenvalue weighted by atomic mass is 35.5. The maximum Gasteiger partial charge on any atom is 0.451 e. The number of nitrogens with two attached hydrogens (primary N) is 1. The quantitative estimate of drug-likeness (QED) is 0.251. The van der Waals surface area contributed by atoms with E-state index in [0.717, 1.165) is 0 Å². The Balaban J connectivity index is 1.89. The minimum atomic E-state index is -5.30. The van der Waals surface area contributed by atoms with Crippen LogP contribution in [0.2, 0.25) is 20.1 Å². The molecule has 35 heavy (non-hydrogen) atoms. The number of rotatable bonds is 3. The summed E-state index contributed by atoms with van der Waals surface area (Å²) in [5.41, 5.74) is 2.69. The van der Waals surface area contributed by atoms with E-state index < -0.39 is 40.7 Å². The Morgan fingerprint density at radius 3 is 1.91 bits per heavy atom. The van der Waals surface area contributed by atoms with Crippen LogP contribution in [-0.4, -0.2) is 19.7 Å². The van der Waals surface area contributed by atoms with Crippen molar-refractivity contribution in [2.24, 2.45) is 0 Å². The summed E-state index contributed by atoms with van der Waals surface area (Å²) in [5, 5.41) is 2.59. The number of benzene rings is 2. The van der Waals surface area contributed by atoms with Crippen molar-refractivity contribution in [3.8, 4) is 17.2 Å². The van der Waals surface area contributed by atoms with Crippen molar-refractivity contribution in [1.29, 1.82) is 0 Å². The number of anilines is 1. The molecular formula is C19H7Cl4F6N5O. The van der Waals surface area contributed by atoms with Crippen LogP contribution in [0.15, 0.2) is 30.3 Å². The molecule has 6 nitrogen and oxygen atoms in total. The average Bonchev–Trinajstić information content (AvgIpc) is 3.04. The van der Waals surface area contributed by atoms with E-state index in [9.17, 15) is 26.3 Å². The van der Waals surface area contributed by atoms with Gasteiger partial charge in [0.25, 0.3) is 0 Å². The van der Waals surface area contributed by atoms with Gasteiger partial charge in [-0.1, -0.05) is 52.5 Å². The molecule has 0 spiro atoms. The molecule has 2 aromatic heterocycles. The van der Waals surface area contributed by atoms with Gasteiger partial charge in [0.2, 0.25) is 5.82 Å². The van der Waals surface area contributed by atoms with Crippen molar-refractivity contribution in [1.82, 2.24) is 19.7 Å². The van der Waals surface area contributed by atoms with Crippen LogP contribution in [-0.2, 0) is 12.4 Å². The SMILES string of the molecule is Nc1c2c(C(F)(F)F)nc(C(F)(F)F)nc2nn1-c1c(Cl)cc(Oc2c(Cl)cccc2Cl)cc1Cl. The maximum absolute atomic E-state index is 13.5.